The third-order valence-corrected chi connectivity index (χ3v) is 5.02. The van der Waals surface area contributed by atoms with Crippen molar-refractivity contribution in [2.24, 2.45) is 5.41 Å². The lowest BCUT2D eigenvalue weighted by Crippen LogP contribution is -2.48. The molecule has 2 aliphatic heterocycles. The summed E-state index contributed by atoms with van der Waals surface area (Å²) in [5, 5.41) is 3.47. The van der Waals surface area contributed by atoms with Crippen LogP contribution in [0.25, 0.3) is 0 Å². The van der Waals surface area contributed by atoms with Gasteiger partial charge in [0.15, 0.2) is 0 Å². The van der Waals surface area contributed by atoms with Gasteiger partial charge in [0.25, 0.3) is 0 Å². The molecule has 3 rings (SSSR count). The van der Waals surface area contributed by atoms with Crippen LogP contribution in [0.1, 0.15) is 45.2 Å². The van der Waals surface area contributed by atoms with Crippen molar-refractivity contribution in [2.45, 2.75) is 39.7 Å². The third kappa shape index (κ3) is 5.01. The van der Waals surface area contributed by atoms with E-state index >= 15 is 0 Å². The van der Waals surface area contributed by atoms with Crippen LogP contribution in [0.2, 0.25) is 0 Å². The first-order valence-corrected chi connectivity index (χ1v) is 8.85. The Morgan fingerprint density at radius 2 is 1.42 bits per heavy atom. The zero-order chi connectivity index (χ0) is 15.6. The predicted molar refractivity (Wildman–Crippen MR) is 109 cm³/mol. The number of hydrogen-bond donors (Lipinski definition) is 1. The fourth-order valence-corrected chi connectivity index (χ4v) is 4.04. The average molecular weight is 374 g/mol. The Morgan fingerprint density at radius 3 is 1.92 bits per heavy atom. The largest absolute Gasteiger partial charge is 0.372 e. The van der Waals surface area contributed by atoms with Crippen molar-refractivity contribution in [3.8, 4) is 0 Å². The maximum atomic E-state index is 3.47. The van der Waals surface area contributed by atoms with Gasteiger partial charge in [0.05, 0.1) is 0 Å². The summed E-state index contributed by atoms with van der Waals surface area (Å²) >= 11 is 0. The SMILES string of the molecule is CC(C)(C)[C@H](c1ccc(N2CCCC2)cc1)N1CCNCC1.Cl.Cl. The monoisotopic (exact) mass is 373 g/mol. The smallest absolute Gasteiger partial charge is 0.0397 e. The highest BCUT2D eigenvalue weighted by Crippen LogP contribution is 2.38. The maximum Gasteiger partial charge on any atom is 0.0397 e. The van der Waals surface area contributed by atoms with Crippen LogP contribution in [-0.4, -0.2) is 44.2 Å². The summed E-state index contributed by atoms with van der Waals surface area (Å²) in [6.07, 6.45) is 2.68. The highest BCUT2D eigenvalue weighted by atomic mass is 35.5. The van der Waals surface area contributed by atoms with Gasteiger partial charge in [-0.15, -0.1) is 24.8 Å². The molecule has 1 N–H and O–H groups in total. The Bertz CT molecular complexity index is 472. The first-order valence-electron chi connectivity index (χ1n) is 8.85. The lowest BCUT2D eigenvalue weighted by atomic mass is 9.81. The van der Waals surface area contributed by atoms with Crippen molar-refractivity contribution < 1.29 is 0 Å². The summed E-state index contributed by atoms with van der Waals surface area (Å²) in [6, 6.07) is 9.91. The molecule has 0 saturated carbocycles. The van der Waals surface area contributed by atoms with Crippen molar-refractivity contribution in [3.63, 3.8) is 0 Å². The number of benzene rings is 1. The van der Waals surface area contributed by atoms with E-state index in [1.807, 2.05) is 0 Å². The van der Waals surface area contributed by atoms with Gasteiger partial charge in [-0.1, -0.05) is 32.9 Å². The third-order valence-electron chi connectivity index (χ3n) is 5.02. The van der Waals surface area contributed by atoms with Crippen molar-refractivity contribution in [3.05, 3.63) is 29.8 Å². The van der Waals surface area contributed by atoms with Crippen molar-refractivity contribution >= 4 is 30.5 Å². The molecule has 0 radical (unpaired) electrons. The summed E-state index contributed by atoms with van der Waals surface area (Å²) in [5.74, 6) is 0. The molecule has 3 nitrogen and oxygen atoms in total. The van der Waals surface area contributed by atoms with Crippen LogP contribution in [0.5, 0.6) is 0 Å². The molecule has 0 aliphatic carbocycles. The van der Waals surface area contributed by atoms with Gasteiger partial charge in [-0.3, -0.25) is 4.90 Å². The molecule has 138 valence electrons. The number of halogens is 2. The second-order valence-corrected chi connectivity index (χ2v) is 7.84. The van der Waals surface area contributed by atoms with Gasteiger partial charge in [0, 0.05) is 51.0 Å². The first kappa shape index (κ1) is 21.6. The van der Waals surface area contributed by atoms with Gasteiger partial charge in [-0.25, -0.2) is 0 Å². The summed E-state index contributed by atoms with van der Waals surface area (Å²) in [5.41, 5.74) is 3.12. The standard InChI is InChI=1S/C19H31N3.2ClH/c1-19(2,3)18(22-14-10-20-11-15-22)16-6-8-17(9-7-16)21-12-4-5-13-21;;/h6-9,18,20H,4-5,10-15H2,1-3H3;2*1H/t18-;;/m0../s1. The lowest BCUT2D eigenvalue weighted by Gasteiger charge is -2.42. The molecule has 5 heteroatoms. The van der Waals surface area contributed by atoms with Gasteiger partial charge >= 0.3 is 0 Å². The van der Waals surface area contributed by atoms with E-state index < -0.39 is 0 Å². The van der Waals surface area contributed by atoms with E-state index in [1.54, 1.807) is 0 Å². The lowest BCUT2D eigenvalue weighted by molar-refractivity contribution is 0.0862. The van der Waals surface area contributed by atoms with E-state index in [9.17, 15) is 0 Å². The molecule has 2 saturated heterocycles. The van der Waals surface area contributed by atoms with Gasteiger partial charge < -0.3 is 10.2 Å². The molecular weight excluding hydrogens is 341 g/mol. The molecule has 2 aliphatic rings. The number of rotatable bonds is 3. The van der Waals surface area contributed by atoms with Gasteiger partial charge in [-0.2, -0.15) is 0 Å². The molecule has 1 aromatic carbocycles. The molecule has 0 amide bonds. The molecule has 0 aromatic heterocycles. The van der Waals surface area contributed by atoms with Crippen molar-refractivity contribution in [2.75, 3.05) is 44.2 Å². The van der Waals surface area contributed by atoms with E-state index in [0.29, 0.717) is 6.04 Å². The number of nitrogens with zero attached hydrogens (tertiary/aromatic N) is 2. The Balaban J connectivity index is 0.00000144. The minimum absolute atomic E-state index is 0. The summed E-state index contributed by atoms with van der Waals surface area (Å²) < 4.78 is 0. The number of hydrogen-bond acceptors (Lipinski definition) is 3. The molecule has 2 heterocycles. The van der Waals surface area contributed by atoms with Gasteiger partial charge in [0.1, 0.15) is 0 Å². The molecular formula is C19H33Cl2N3. The van der Waals surface area contributed by atoms with Crippen LogP contribution in [0, 0.1) is 5.41 Å². The Kier molecular flexibility index (Phi) is 8.34. The number of piperazine rings is 1. The quantitative estimate of drug-likeness (QED) is 0.859. The zero-order valence-corrected chi connectivity index (χ0v) is 16.9. The average Bonchev–Trinajstić information content (AvgIpc) is 3.02. The molecule has 1 aromatic rings. The second kappa shape index (κ2) is 9.28. The molecule has 2 fully saturated rings. The van der Waals surface area contributed by atoms with Crippen LogP contribution in [0.15, 0.2) is 24.3 Å². The zero-order valence-electron chi connectivity index (χ0n) is 15.3. The van der Waals surface area contributed by atoms with Gasteiger partial charge in [0.2, 0.25) is 0 Å². The Labute approximate surface area is 160 Å². The van der Waals surface area contributed by atoms with Gasteiger partial charge in [-0.05, 0) is 36.0 Å². The van der Waals surface area contributed by atoms with Crippen LogP contribution in [0.3, 0.4) is 0 Å². The van der Waals surface area contributed by atoms with Crippen molar-refractivity contribution in [1.29, 1.82) is 0 Å². The fraction of sp³-hybridized carbons (Fsp3) is 0.684. The Morgan fingerprint density at radius 1 is 0.875 bits per heavy atom. The van der Waals surface area contributed by atoms with Crippen LogP contribution in [-0.2, 0) is 0 Å². The van der Waals surface area contributed by atoms with E-state index in [2.05, 4.69) is 60.2 Å². The summed E-state index contributed by atoms with van der Waals surface area (Å²) in [7, 11) is 0. The van der Waals surface area contributed by atoms with Crippen molar-refractivity contribution in [1.82, 2.24) is 10.2 Å². The fourth-order valence-electron chi connectivity index (χ4n) is 4.04. The normalized spacial score (nSPS) is 20.2. The Hall–Kier alpha value is -0.480. The molecule has 1 atom stereocenters. The van der Waals surface area contributed by atoms with E-state index in [-0.39, 0.29) is 30.2 Å². The topological polar surface area (TPSA) is 18.5 Å². The van der Waals surface area contributed by atoms with E-state index in [1.165, 1.54) is 37.2 Å². The minimum atomic E-state index is 0. The van der Waals surface area contributed by atoms with Crippen LogP contribution < -0.4 is 10.2 Å². The van der Waals surface area contributed by atoms with E-state index in [4.69, 9.17) is 0 Å². The second-order valence-electron chi connectivity index (χ2n) is 7.84. The molecule has 0 spiro atoms. The molecule has 24 heavy (non-hydrogen) atoms. The highest BCUT2D eigenvalue weighted by Gasteiger charge is 2.32. The summed E-state index contributed by atoms with van der Waals surface area (Å²) in [4.78, 5) is 5.17. The van der Waals surface area contributed by atoms with Crippen LogP contribution >= 0.6 is 24.8 Å². The van der Waals surface area contributed by atoms with E-state index in [0.717, 1.165) is 26.2 Å². The predicted octanol–water partition coefficient (Wildman–Crippen LogP) is 4.12. The first-order chi connectivity index (χ1) is 10.6. The highest BCUT2D eigenvalue weighted by molar-refractivity contribution is 5.85. The number of anilines is 1. The summed E-state index contributed by atoms with van der Waals surface area (Å²) in [6.45, 7) is 14.1. The molecule has 0 bridgehead atoms. The maximum absolute atomic E-state index is 3.47. The number of nitrogens with one attached hydrogen (secondary N) is 1. The molecule has 0 unspecified atom stereocenters. The minimum Gasteiger partial charge on any atom is -0.372 e. The van der Waals surface area contributed by atoms with Crippen LogP contribution in [0.4, 0.5) is 5.69 Å².